The van der Waals surface area contributed by atoms with E-state index in [1.807, 2.05) is 12.1 Å². The van der Waals surface area contributed by atoms with Gasteiger partial charge in [0.15, 0.2) is 0 Å². The second kappa shape index (κ2) is 10.6. The van der Waals surface area contributed by atoms with E-state index >= 15 is 0 Å². The number of morpholine rings is 1. The van der Waals surface area contributed by atoms with Gasteiger partial charge in [0.2, 0.25) is 0 Å². The number of nitrogens with zero attached hydrogens (tertiary/aromatic N) is 4. The lowest BCUT2D eigenvalue weighted by atomic mass is 9.75. The Balaban J connectivity index is 1.14. The maximum Gasteiger partial charge on any atom is 0.259 e. The Morgan fingerprint density at radius 1 is 1.16 bits per heavy atom. The zero-order chi connectivity index (χ0) is 25.2. The minimum Gasteiger partial charge on any atom is -0.376 e. The molecule has 8 nitrogen and oxygen atoms in total. The van der Waals surface area contributed by atoms with E-state index in [-0.39, 0.29) is 5.56 Å². The number of allylic oxidation sites excluding steroid dienone is 3. The van der Waals surface area contributed by atoms with Crippen molar-refractivity contribution >= 4 is 16.6 Å². The molecule has 8 heteroatoms. The molecule has 0 bridgehead atoms. The lowest BCUT2D eigenvalue weighted by Gasteiger charge is -2.42. The van der Waals surface area contributed by atoms with E-state index in [2.05, 4.69) is 50.3 Å². The average molecular weight is 499 g/mol. The Morgan fingerprint density at radius 2 is 2.00 bits per heavy atom. The second-order valence-electron chi connectivity index (χ2n) is 10.5. The van der Waals surface area contributed by atoms with Crippen molar-refractivity contribution in [3.8, 4) is 11.3 Å². The normalized spacial score (nSPS) is 26.7. The van der Waals surface area contributed by atoms with Gasteiger partial charge < -0.3 is 15.0 Å². The molecular formula is C29H34N6O2. The summed E-state index contributed by atoms with van der Waals surface area (Å²) in [6, 6.07) is 4.51. The first-order chi connectivity index (χ1) is 18.1. The monoisotopic (exact) mass is 498 g/mol. The van der Waals surface area contributed by atoms with E-state index in [0.717, 1.165) is 54.4 Å². The van der Waals surface area contributed by atoms with E-state index in [9.17, 15) is 4.79 Å². The highest BCUT2D eigenvalue weighted by molar-refractivity contribution is 5.94. The zero-order valence-electron chi connectivity index (χ0n) is 21.3. The van der Waals surface area contributed by atoms with Gasteiger partial charge in [-0.25, -0.2) is 15.0 Å². The number of H-pyrrole nitrogens is 1. The number of anilines is 1. The van der Waals surface area contributed by atoms with Crippen LogP contribution in [0, 0.1) is 11.8 Å². The molecule has 37 heavy (non-hydrogen) atoms. The number of hydrogen-bond acceptors (Lipinski definition) is 7. The van der Waals surface area contributed by atoms with Gasteiger partial charge in [0.05, 0.1) is 23.8 Å². The molecule has 3 aromatic rings. The van der Waals surface area contributed by atoms with Crippen LogP contribution in [-0.2, 0) is 4.74 Å². The number of rotatable bonds is 5. The highest BCUT2D eigenvalue weighted by Crippen LogP contribution is 2.37. The van der Waals surface area contributed by atoms with Gasteiger partial charge in [-0.05, 0) is 74.5 Å². The largest absolute Gasteiger partial charge is 0.376 e. The van der Waals surface area contributed by atoms with Gasteiger partial charge in [0.25, 0.3) is 5.56 Å². The summed E-state index contributed by atoms with van der Waals surface area (Å²) in [6.45, 7) is 5.19. The summed E-state index contributed by atoms with van der Waals surface area (Å²) < 4.78 is 5.73. The standard InChI is InChI=1S/C29H34N6O2/c1-19-17-35(12-13-37-19)25-8-4-21(5-9-25)20-2-6-24(7-3-20)33-28-27-22(10-11-32-29(27)36)14-26(34-28)23-15-30-18-31-16-23/h2,6-7,10-11,14-16,18-21,25H,3-5,8-9,12-13,17H2,1H3,(H,32,36)(H,33,34)/t19-,20?,21-,25-/m1/s1. The number of aromatic nitrogens is 4. The first-order valence-electron chi connectivity index (χ1n) is 13.4. The fourth-order valence-corrected chi connectivity index (χ4v) is 6.17. The molecule has 0 radical (unpaired) electrons. The van der Waals surface area contributed by atoms with E-state index in [1.54, 1.807) is 18.6 Å². The fraction of sp³-hybridized carbons (Fsp3) is 0.448. The third kappa shape index (κ3) is 5.22. The molecule has 0 spiro atoms. The second-order valence-corrected chi connectivity index (χ2v) is 10.5. The predicted octanol–water partition coefficient (Wildman–Crippen LogP) is 4.53. The van der Waals surface area contributed by atoms with E-state index in [1.165, 1.54) is 32.0 Å². The van der Waals surface area contributed by atoms with Gasteiger partial charge in [-0.15, -0.1) is 0 Å². The van der Waals surface area contributed by atoms with Crippen LogP contribution in [0.1, 0.15) is 39.0 Å². The molecule has 2 fully saturated rings. The van der Waals surface area contributed by atoms with Crippen molar-refractivity contribution in [2.45, 2.75) is 51.2 Å². The Kier molecular flexibility index (Phi) is 6.85. The SMILES string of the molecule is C[C@@H]1CN([C@H]2CC[C@H](C3C=CC(Nc4nc(-c5cncnc5)cc5cc[nH]c(=O)c45)=CC3)CC2)CCO1. The quantitative estimate of drug-likeness (QED) is 0.533. The molecule has 2 N–H and O–H groups in total. The first-order valence-corrected chi connectivity index (χ1v) is 13.4. The van der Waals surface area contributed by atoms with Crippen LogP contribution >= 0.6 is 0 Å². The molecular weight excluding hydrogens is 464 g/mol. The van der Waals surface area contributed by atoms with Crippen LogP contribution < -0.4 is 10.9 Å². The zero-order valence-corrected chi connectivity index (χ0v) is 21.3. The van der Waals surface area contributed by atoms with Crippen LogP contribution in [0.5, 0.6) is 0 Å². The van der Waals surface area contributed by atoms with Crippen LogP contribution in [0.3, 0.4) is 0 Å². The van der Waals surface area contributed by atoms with Crippen LogP contribution in [0.2, 0.25) is 0 Å². The molecule has 3 aromatic heterocycles. The molecule has 1 saturated heterocycles. The topological polar surface area (TPSA) is 96.0 Å². The summed E-state index contributed by atoms with van der Waals surface area (Å²) in [7, 11) is 0. The number of aromatic amines is 1. The summed E-state index contributed by atoms with van der Waals surface area (Å²) in [5.41, 5.74) is 2.35. The first kappa shape index (κ1) is 24.0. The molecule has 1 unspecified atom stereocenters. The summed E-state index contributed by atoms with van der Waals surface area (Å²) in [4.78, 5) is 31.2. The molecule has 6 rings (SSSR count). The average Bonchev–Trinajstić information content (AvgIpc) is 2.94. The summed E-state index contributed by atoms with van der Waals surface area (Å²) >= 11 is 0. The third-order valence-corrected chi connectivity index (χ3v) is 8.14. The summed E-state index contributed by atoms with van der Waals surface area (Å²) in [5, 5.41) is 4.81. The van der Waals surface area contributed by atoms with Gasteiger partial charge in [0.1, 0.15) is 12.1 Å². The van der Waals surface area contributed by atoms with E-state index < -0.39 is 0 Å². The van der Waals surface area contributed by atoms with Crippen LogP contribution in [0.4, 0.5) is 5.82 Å². The van der Waals surface area contributed by atoms with E-state index in [4.69, 9.17) is 9.72 Å². The van der Waals surface area contributed by atoms with Gasteiger partial charge in [-0.3, -0.25) is 9.69 Å². The molecule has 3 aliphatic rings. The molecule has 2 aliphatic carbocycles. The van der Waals surface area contributed by atoms with Gasteiger partial charge in [-0.1, -0.05) is 12.2 Å². The predicted molar refractivity (Wildman–Crippen MR) is 145 cm³/mol. The molecule has 0 aromatic carbocycles. The van der Waals surface area contributed by atoms with Crippen molar-refractivity contribution in [2.75, 3.05) is 25.0 Å². The number of ether oxygens (including phenoxy) is 1. The van der Waals surface area contributed by atoms with Crippen molar-refractivity contribution in [3.05, 3.63) is 71.3 Å². The Morgan fingerprint density at radius 3 is 2.76 bits per heavy atom. The smallest absolute Gasteiger partial charge is 0.259 e. The van der Waals surface area contributed by atoms with Crippen LogP contribution in [0.15, 0.2) is 65.8 Å². The number of pyridine rings is 2. The van der Waals surface area contributed by atoms with Crippen LogP contribution in [0.25, 0.3) is 22.0 Å². The maximum atomic E-state index is 12.7. The summed E-state index contributed by atoms with van der Waals surface area (Å²) in [6.07, 6.45) is 19.9. The Hall–Kier alpha value is -3.36. The molecule has 0 amide bonds. The molecule has 1 aliphatic heterocycles. The molecule has 1 saturated carbocycles. The van der Waals surface area contributed by atoms with Crippen molar-refractivity contribution in [1.29, 1.82) is 0 Å². The fourth-order valence-electron chi connectivity index (χ4n) is 6.17. The van der Waals surface area contributed by atoms with Gasteiger partial charge in [0, 0.05) is 49.0 Å². The third-order valence-electron chi connectivity index (χ3n) is 8.14. The summed E-state index contributed by atoms with van der Waals surface area (Å²) in [5.74, 6) is 1.84. The van der Waals surface area contributed by atoms with Gasteiger partial charge in [-0.2, -0.15) is 0 Å². The van der Waals surface area contributed by atoms with Crippen molar-refractivity contribution in [3.63, 3.8) is 0 Å². The lowest BCUT2D eigenvalue weighted by Crippen LogP contribution is -2.48. The van der Waals surface area contributed by atoms with Crippen molar-refractivity contribution in [2.24, 2.45) is 11.8 Å². The number of fused-ring (bicyclic) bond motifs is 1. The Labute approximate surface area is 216 Å². The van der Waals surface area contributed by atoms with Crippen molar-refractivity contribution < 1.29 is 4.74 Å². The maximum absolute atomic E-state index is 12.7. The van der Waals surface area contributed by atoms with E-state index in [0.29, 0.717) is 29.3 Å². The van der Waals surface area contributed by atoms with Gasteiger partial charge >= 0.3 is 0 Å². The number of nitrogens with one attached hydrogen (secondary N) is 2. The Bertz CT molecular complexity index is 1360. The highest BCUT2D eigenvalue weighted by atomic mass is 16.5. The lowest BCUT2D eigenvalue weighted by molar-refractivity contribution is -0.0422. The molecule has 192 valence electrons. The molecule has 2 atom stereocenters. The minimum absolute atomic E-state index is 0.159. The molecule has 4 heterocycles. The van der Waals surface area contributed by atoms with Crippen molar-refractivity contribution in [1.82, 2.24) is 24.8 Å². The highest BCUT2D eigenvalue weighted by Gasteiger charge is 2.31. The van der Waals surface area contributed by atoms with Crippen LogP contribution in [-0.4, -0.2) is 56.7 Å². The number of hydrogen-bond donors (Lipinski definition) is 2. The minimum atomic E-state index is -0.159.